The van der Waals surface area contributed by atoms with Crippen molar-refractivity contribution in [3.63, 3.8) is 0 Å². The van der Waals surface area contributed by atoms with Gasteiger partial charge in [0.25, 0.3) is 0 Å². The normalized spacial score (nSPS) is 17.4. The molecule has 2 saturated heterocycles. The number of sulfonamides is 1. The van der Waals surface area contributed by atoms with Gasteiger partial charge in [0, 0.05) is 32.3 Å². The van der Waals surface area contributed by atoms with Crippen LogP contribution in [0.3, 0.4) is 0 Å². The first kappa shape index (κ1) is 23.3. The Bertz CT molecular complexity index is 1120. The number of hydrogen-bond acceptors (Lipinski definition) is 6. The number of morpholine rings is 1. The molecule has 0 aromatic heterocycles. The summed E-state index contributed by atoms with van der Waals surface area (Å²) < 4.78 is 38.2. The summed E-state index contributed by atoms with van der Waals surface area (Å²) in [5.74, 6) is 0.370. The summed E-state index contributed by atoms with van der Waals surface area (Å²) in [6.07, 6.45) is 5.27. The molecule has 0 aliphatic carbocycles. The fourth-order valence-corrected chi connectivity index (χ4v) is 5.47. The molecule has 8 nitrogen and oxygen atoms in total. The molecular formula is C24H29N3O5S. The topological polar surface area (TPSA) is 88.2 Å². The summed E-state index contributed by atoms with van der Waals surface area (Å²) in [6.45, 7) is 3.14. The Labute approximate surface area is 194 Å². The van der Waals surface area contributed by atoms with Gasteiger partial charge in [-0.3, -0.25) is 4.79 Å². The predicted molar refractivity (Wildman–Crippen MR) is 128 cm³/mol. The van der Waals surface area contributed by atoms with Gasteiger partial charge in [0.15, 0.2) is 0 Å². The highest BCUT2D eigenvalue weighted by molar-refractivity contribution is 7.89. The lowest BCUT2D eigenvalue weighted by Gasteiger charge is -2.27. The second kappa shape index (κ2) is 10.4. The first-order valence-corrected chi connectivity index (χ1v) is 12.5. The van der Waals surface area contributed by atoms with E-state index in [0.717, 1.165) is 37.2 Å². The van der Waals surface area contributed by atoms with Gasteiger partial charge in [0.1, 0.15) is 5.75 Å². The maximum Gasteiger partial charge on any atom is 0.248 e. The van der Waals surface area contributed by atoms with Gasteiger partial charge in [-0.2, -0.15) is 4.31 Å². The quantitative estimate of drug-likeness (QED) is 0.625. The van der Waals surface area contributed by atoms with Crippen LogP contribution in [0.5, 0.6) is 5.75 Å². The van der Waals surface area contributed by atoms with E-state index in [1.54, 1.807) is 31.4 Å². The van der Waals surface area contributed by atoms with Crippen molar-refractivity contribution in [3.05, 3.63) is 54.1 Å². The molecule has 4 rings (SSSR count). The van der Waals surface area contributed by atoms with Gasteiger partial charge < -0.3 is 19.7 Å². The number of methoxy groups -OCH3 is 1. The zero-order valence-electron chi connectivity index (χ0n) is 18.7. The summed E-state index contributed by atoms with van der Waals surface area (Å²) in [7, 11) is -2.08. The molecule has 1 amide bonds. The first-order chi connectivity index (χ1) is 16.0. The Morgan fingerprint density at radius 1 is 1.06 bits per heavy atom. The lowest BCUT2D eigenvalue weighted by molar-refractivity contribution is -0.111. The summed E-state index contributed by atoms with van der Waals surface area (Å²) in [6, 6.07) is 12.4. The van der Waals surface area contributed by atoms with Crippen molar-refractivity contribution in [1.29, 1.82) is 0 Å². The molecule has 2 heterocycles. The van der Waals surface area contributed by atoms with Gasteiger partial charge in [-0.15, -0.1) is 0 Å². The molecule has 0 saturated carbocycles. The van der Waals surface area contributed by atoms with Crippen molar-refractivity contribution >= 4 is 33.4 Å². The molecule has 0 atom stereocenters. The SMILES string of the molecule is COc1cccc(/C=C/C(=O)Nc2cc(S(=O)(=O)N3CCOCC3)ccc2N2CCCC2)c1. The van der Waals surface area contributed by atoms with Crippen molar-refractivity contribution in [2.24, 2.45) is 0 Å². The maximum absolute atomic E-state index is 13.1. The van der Waals surface area contributed by atoms with Gasteiger partial charge >= 0.3 is 0 Å². The fourth-order valence-electron chi connectivity index (χ4n) is 4.04. The first-order valence-electron chi connectivity index (χ1n) is 11.1. The Kier molecular flexibility index (Phi) is 7.32. The van der Waals surface area contributed by atoms with E-state index in [0.29, 0.717) is 37.7 Å². The van der Waals surface area contributed by atoms with E-state index in [1.807, 2.05) is 24.3 Å². The van der Waals surface area contributed by atoms with Crippen LogP contribution in [-0.2, 0) is 19.6 Å². The maximum atomic E-state index is 13.1. The van der Waals surface area contributed by atoms with E-state index in [9.17, 15) is 13.2 Å². The van der Waals surface area contributed by atoms with Crippen molar-refractivity contribution in [2.45, 2.75) is 17.7 Å². The molecule has 33 heavy (non-hydrogen) atoms. The Morgan fingerprint density at radius 3 is 2.55 bits per heavy atom. The lowest BCUT2D eigenvalue weighted by Crippen LogP contribution is -2.40. The summed E-state index contributed by atoms with van der Waals surface area (Å²) in [5.41, 5.74) is 2.15. The lowest BCUT2D eigenvalue weighted by atomic mass is 10.2. The summed E-state index contributed by atoms with van der Waals surface area (Å²) in [4.78, 5) is 15.1. The molecule has 0 unspecified atom stereocenters. The predicted octanol–water partition coefficient (Wildman–Crippen LogP) is 2.97. The van der Waals surface area contributed by atoms with Crippen LogP contribution in [-0.4, -0.2) is 65.1 Å². The van der Waals surface area contributed by atoms with E-state index in [-0.39, 0.29) is 10.8 Å². The molecule has 2 aromatic carbocycles. The number of carbonyl (C=O) groups is 1. The van der Waals surface area contributed by atoms with Crippen LogP contribution in [0.4, 0.5) is 11.4 Å². The number of amides is 1. The highest BCUT2D eigenvalue weighted by Crippen LogP contribution is 2.32. The van der Waals surface area contributed by atoms with E-state index in [1.165, 1.54) is 10.4 Å². The monoisotopic (exact) mass is 471 g/mol. The molecule has 0 radical (unpaired) electrons. The number of carbonyl (C=O) groups excluding carboxylic acids is 1. The third kappa shape index (κ3) is 5.55. The number of hydrogen-bond donors (Lipinski definition) is 1. The van der Waals surface area contributed by atoms with E-state index < -0.39 is 10.0 Å². The third-order valence-electron chi connectivity index (χ3n) is 5.80. The van der Waals surface area contributed by atoms with Crippen LogP contribution in [0.1, 0.15) is 18.4 Å². The highest BCUT2D eigenvalue weighted by atomic mass is 32.2. The third-order valence-corrected chi connectivity index (χ3v) is 7.70. The molecule has 2 aliphatic heterocycles. The molecule has 9 heteroatoms. The molecule has 2 fully saturated rings. The number of ether oxygens (including phenoxy) is 2. The van der Waals surface area contributed by atoms with Gasteiger partial charge in [0.05, 0.1) is 36.6 Å². The smallest absolute Gasteiger partial charge is 0.248 e. The molecule has 176 valence electrons. The van der Waals surface area contributed by atoms with E-state index in [2.05, 4.69) is 10.2 Å². The number of benzene rings is 2. The van der Waals surface area contributed by atoms with Crippen molar-refractivity contribution in [2.75, 3.05) is 56.7 Å². The molecule has 0 bridgehead atoms. The molecular weight excluding hydrogens is 442 g/mol. The minimum absolute atomic E-state index is 0.166. The minimum atomic E-state index is -3.67. The Hall–Kier alpha value is -2.88. The largest absolute Gasteiger partial charge is 0.497 e. The number of rotatable bonds is 7. The Balaban J connectivity index is 1.59. The standard InChI is InChI=1S/C24H29N3O5S/c1-31-20-6-4-5-19(17-20)7-10-24(28)25-22-18-21(8-9-23(22)26-11-2-3-12-26)33(29,30)27-13-15-32-16-14-27/h4-10,17-18H,2-3,11-16H2,1H3,(H,25,28)/b10-7+. The van der Waals surface area contributed by atoms with Gasteiger partial charge in [-0.05, 0) is 54.8 Å². The van der Waals surface area contributed by atoms with Gasteiger partial charge in [-0.25, -0.2) is 8.42 Å². The zero-order chi connectivity index (χ0) is 23.3. The fraction of sp³-hybridized carbons (Fsp3) is 0.375. The van der Waals surface area contributed by atoms with Crippen molar-refractivity contribution < 1.29 is 22.7 Å². The van der Waals surface area contributed by atoms with Crippen LogP contribution in [0, 0.1) is 0 Å². The molecule has 2 aliphatic rings. The van der Waals surface area contributed by atoms with Crippen LogP contribution in [0.25, 0.3) is 6.08 Å². The summed E-state index contributed by atoms with van der Waals surface area (Å²) in [5, 5.41) is 2.90. The molecule has 1 N–H and O–H groups in total. The Morgan fingerprint density at radius 2 is 1.82 bits per heavy atom. The summed E-state index contributed by atoms with van der Waals surface area (Å²) >= 11 is 0. The minimum Gasteiger partial charge on any atom is -0.497 e. The van der Waals surface area contributed by atoms with E-state index in [4.69, 9.17) is 9.47 Å². The zero-order valence-corrected chi connectivity index (χ0v) is 19.5. The van der Waals surface area contributed by atoms with Crippen molar-refractivity contribution in [1.82, 2.24) is 4.31 Å². The van der Waals surface area contributed by atoms with E-state index >= 15 is 0 Å². The van der Waals surface area contributed by atoms with Crippen LogP contribution in [0.2, 0.25) is 0 Å². The molecule has 2 aromatic rings. The average Bonchev–Trinajstić information content (AvgIpc) is 3.38. The number of anilines is 2. The average molecular weight is 472 g/mol. The van der Waals surface area contributed by atoms with Crippen LogP contribution < -0.4 is 15.0 Å². The van der Waals surface area contributed by atoms with Gasteiger partial charge in [0.2, 0.25) is 15.9 Å². The number of nitrogens with zero attached hydrogens (tertiary/aromatic N) is 2. The van der Waals surface area contributed by atoms with Gasteiger partial charge in [-0.1, -0.05) is 12.1 Å². The van der Waals surface area contributed by atoms with Crippen LogP contribution in [0.15, 0.2) is 53.4 Å². The molecule has 0 spiro atoms. The second-order valence-corrected chi connectivity index (χ2v) is 9.93. The van der Waals surface area contributed by atoms with Crippen molar-refractivity contribution in [3.8, 4) is 5.75 Å². The van der Waals surface area contributed by atoms with Crippen LogP contribution >= 0.6 is 0 Å². The number of nitrogens with one attached hydrogen (secondary N) is 1. The second-order valence-electron chi connectivity index (χ2n) is 7.99. The highest BCUT2D eigenvalue weighted by Gasteiger charge is 2.28.